The van der Waals surface area contributed by atoms with E-state index >= 15 is 0 Å². The SMILES string of the molecule is COCC(NC(C)c1cccc(OC)c1)C(C)C. The van der Waals surface area contributed by atoms with Crippen LogP contribution in [0.1, 0.15) is 32.4 Å². The second-order valence-corrected chi connectivity index (χ2v) is 4.97. The van der Waals surface area contributed by atoms with Gasteiger partial charge in [-0.3, -0.25) is 0 Å². The van der Waals surface area contributed by atoms with E-state index in [0.717, 1.165) is 12.4 Å². The molecule has 0 saturated heterocycles. The minimum absolute atomic E-state index is 0.280. The van der Waals surface area contributed by atoms with Crippen molar-refractivity contribution in [1.82, 2.24) is 5.32 Å². The average Bonchev–Trinajstić information content (AvgIpc) is 2.38. The van der Waals surface area contributed by atoms with E-state index in [1.165, 1.54) is 5.56 Å². The largest absolute Gasteiger partial charge is 0.497 e. The van der Waals surface area contributed by atoms with E-state index in [1.54, 1.807) is 14.2 Å². The van der Waals surface area contributed by atoms with Gasteiger partial charge in [0.15, 0.2) is 0 Å². The molecule has 0 amide bonds. The third-order valence-corrected chi connectivity index (χ3v) is 3.21. The van der Waals surface area contributed by atoms with Gasteiger partial charge in [0.2, 0.25) is 0 Å². The van der Waals surface area contributed by atoms with Crippen molar-refractivity contribution >= 4 is 0 Å². The number of ether oxygens (including phenoxy) is 2. The summed E-state index contributed by atoms with van der Waals surface area (Å²) in [6.45, 7) is 7.30. The average molecular weight is 251 g/mol. The molecule has 0 saturated carbocycles. The molecule has 0 aliphatic carbocycles. The summed E-state index contributed by atoms with van der Waals surface area (Å²) in [4.78, 5) is 0. The van der Waals surface area contributed by atoms with Crippen LogP contribution >= 0.6 is 0 Å². The van der Waals surface area contributed by atoms with Crippen LogP contribution in [-0.2, 0) is 4.74 Å². The quantitative estimate of drug-likeness (QED) is 0.808. The fourth-order valence-corrected chi connectivity index (χ4v) is 1.94. The van der Waals surface area contributed by atoms with Crippen LogP contribution in [0, 0.1) is 5.92 Å². The Morgan fingerprint density at radius 2 is 1.89 bits per heavy atom. The van der Waals surface area contributed by atoms with E-state index in [1.807, 2.05) is 12.1 Å². The van der Waals surface area contributed by atoms with Gasteiger partial charge in [-0.25, -0.2) is 0 Å². The highest BCUT2D eigenvalue weighted by atomic mass is 16.5. The Hall–Kier alpha value is -1.06. The fourth-order valence-electron chi connectivity index (χ4n) is 1.94. The molecule has 3 heteroatoms. The van der Waals surface area contributed by atoms with Gasteiger partial charge in [-0.15, -0.1) is 0 Å². The summed E-state index contributed by atoms with van der Waals surface area (Å²) < 4.78 is 10.5. The molecule has 3 nitrogen and oxygen atoms in total. The Bertz CT molecular complexity index is 352. The summed E-state index contributed by atoms with van der Waals surface area (Å²) in [5.41, 5.74) is 1.23. The molecule has 2 atom stereocenters. The Morgan fingerprint density at radius 3 is 2.44 bits per heavy atom. The lowest BCUT2D eigenvalue weighted by Gasteiger charge is -2.26. The number of rotatable bonds is 7. The third kappa shape index (κ3) is 4.31. The first kappa shape index (κ1) is 15.0. The van der Waals surface area contributed by atoms with Gasteiger partial charge in [0.25, 0.3) is 0 Å². The maximum Gasteiger partial charge on any atom is 0.119 e. The van der Waals surface area contributed by atoms with Gasteiger partial charge in [0.05, 0.1) is 13.7 Å². The summed E-state index contributed by atoms with van der Waals surface area (Å²) in [7, 11) is 3.44. The van der Waals surface area contributed by atoms with Gasteiger partial charge in [-0.05, 0) is 30.5 Å². The van der Waals surface area contributed by atoms with Crippen LogP contribution in [0.5, 0.6) is 5.75 Å². The zero-order valence-electron chi connectivity index (χ0n) is 12.1. The number of benzene rings is 1. The summed E-state index contributed by atoms with van der Waals surface area (Å²) in [6.07, 6.45) is 0. The first-order chi connectivity index (χ1) is 8.58. The first-order valence-electron chi connectivity index (χ1n) is 6.47. The van der Waals surface area contributed by atoms with Gasteiger partial charge in [-0.1, -0.05) is 26.0 Å². The van der Waals surface area contributed by atoms with E-state index in [4.69, 9.17) is 9.47 Å². The van der Waals surface area contributed by atoms with Gasteiger partial charge in [0, 0.05) is 19.2 Å². The van der Waals surface area contributed by atoms with Crippen molar-refractivity contribution in [2.24, 2.45) is 5.92 Å². The normalized spacial score (nSPS) is 14.6. The molecule has 0 aliphatic rings. The highest BCUT2D eigenvalue weighted by molar-refractivity contribution is 5.30. The molecule has 0 aromatic heterocycles. The predicted molar refractivity (Wildman–Crippen MR) is 75.0 cm³/mol. The van der Waals surface area contributed by atoms with E-state index in [2.05, 4.69) is 38.2 Å². The van der Waals surface area contributed by atoms with Crippen molar-refractivity contribution in [3.63, 3.8) is 0 Å². The van der Waals surface area contributed by atoms with Crippen LogP contribution in [0.25, 0.3) is 0 Å². The third-order valence-electron chi connectivity index (χ3n) is 3.21. The number of nitrogens with one attached hydrogen (secondary N) is 1. The number of hydrogen-bond acceptors (Lipinski definition) is 3. The highest BCUT2D eigenvalue weighted by Gasteiger charge is 2.16. The lowest BCUT2D eigenvalue weighted by molar-refractivity contribution is 0.141. The number of methoxy groups -OCH3 is 2. The molecular formula is C15H25NO2. The molecule has 0 heterocycles. The molecular weight excluding hydrogens is 226 g/mol. The molecule has 18 heavy (non-hydrogen) atoms. The van der Waals surface area contributed by atoms with Gasteiger partial charge in [-0.2, -0.15) is 0 Å². The second kappa shape index (κ2) is 7.39. The van der Waals surface area contributed by atoms with Crippen LogP contribution < -0.4 is 10.1 Å². The van der Waals surface area contributed by atoms with Crippen LogP contribution in [0.2, 0.25) is 0 Å². The maximum absolute atomic E-state index is 5.26. The van der Waals surface area contributed by atoms with E-state index < -0.39 is 0 Å². The van der Waals surface area contributed by atoms with E-state index in [0.29, 0.717) is 12.0 Å². The summed E-state index contributed by atoms with van der Waals surface area (Å²) in [5, 5.41) is 3.60. The maximum atomic E-state index is 5.26. The van der Waals surface area contributed by atoms with Gasteiger partial charge in [0.1, 0.15) is 5.75 Å². The summed E-state index contributed by atoms with van der Waals surface area (Å²) in [5.74, 6) is 1.44. The minimum atomic E-state index is 0.280. The Morgan fingerprint density at radius 1 is 1.17 bits per heavy atom. The van der Waals surface area contributed by atoms with Gasteiger partial charge >= 0.3 is 0 Å². The Labute approximate surface area is 110 Å². The molecule has 0 spiro atoms. The molecule has 1 aromatic rings. The highest BCUT2D eigenvalue weighted by Crippen LogP contribution is 2.20. The summed E-state index contributed by atoms with van der Waals surface area (Å²) >= 11 is 0. The van der Waals surface area contributed by atoms with Crippen molar-refractivity contribution in [1.29, 1.82) is 0 Å². The van der Waals surface area contributed by atoms with Crippen LogP contribution in [0.15, 0.2) is 24.3 Å². The second-order valence-electron chi connectivity index (χ2n) is 4.97. The molecule has 2 unspecified atom stereocenters. The lowest BCUT2D eigenvalue weighted by Crippen LogP contribution is -2.39. The molecule has 1 aromatic carbocycles. The lowest BCUT2D eigenvalue weighted by atomic mass is 10.0. The van der Waals surface area contributed by atoms with Crippen LogP contribution in [-0.4, -0.2) is 26.9 Å². The number of hydrogen-bond donors (Lipinski definition) is 1. The van der Waals surface area contributed by atoms with Crippen molar-refractivity contribution in [2.45, 2.75) is 32.9 Å². The van der Waals surface area contributed by atoms with E-state index in [9.17, 15) is 0 Å². The van der Waals surface area contributed by atoms with Crippen LogP contribution in [0.3, 0.4) is 0 Å². The Balaban J connectivity index is 2.70. The van der Waals surface area contributed by atoms with Crippen molar-refractivity contribution < 1.29 is 9.47 Å². The topological polar surface area (TPSA) is 30.5 Å². The molecule has 0 radical (unpaired) electrons. The smallest absolute Gasteiger partial charge is 0.119 e. The van der Waals surface area contributed by atoms with Crippen molar-refractivity contribution in [3.8, 4) is 5.75 Å². The fraction of sp³-hybridized carbons (Fsp3) is 0.600. The standard InChI is InChI=1S/C15H25NO2/c1-11(2)15(10-17-4)16-12(3)13-7-6-8-14(9-13)18-5/h6-9,11-12,15-16H,10H2,1-5H3. The minimum Gasteiger partial charge on any atom is -0.497 e. The monoisotopic (exact) mass is 251 g/mol. The zero-order valence-corrected chi connectivity index (χ0v) is 12.1. The molecule has 0 fully saturated rings. The molecule has 1 rings (SSSR count). The van der Waals surface area contributed by atoms with Gasteiger partial charge < -0.3 is 14.8 Å². The predicted octanol–water partition coefficient (Wildman–Crippen LogP) is 3.02. The van der Waals surface area contributed by atoms with Crippen molar-refractivity contribution in [3.05, 3.63) is 29.8 Å². The van der Waals surface area contributed by atoms with Crippen molar-refractivity contribution in [2.75, 3.05) is 20.8 Å². The molecule has 0 aliphatic heterocycles. The van der Waals surface area contributed by atoms with Crippen LogP contribution in [0.4, 0.5) is 0 Å². The molecule has 1 N–H and O–H groups in total. The van der Waals surface area contributed by atoms with E-state index in [-0.39, 0.29) is 6.04 Å². The first-order valence-corrected chi connectivity index (χ1v) is 6.47. The zero-order chi connectivity index (χ0) is 13.5. The Kier molecular flexibility index (Phi) is 6.16. The summed E-state index contributed by atoms with van der Waals surface area (Å²) in [6, 6.07) is 8.81. The molecule has 0 bridgehead atoms. The molecule has 102 valence electrons.